The molecule has 3 heteroatoms. The third-order valence-electron chi connectivity index (χ3n) is 1.06. The number of aromatic nitrogens is 2. The highest BCUT2D eigenvalue weighted by molar-refractivity contribution is 5.51. The molecule has 0 aliphatic rings. The van der Waals surface area contributed by atoms with E-state index in [0.29, 0.717) is 5.82 Å². The average Bonchev–Trinajstić information content (AvgIpc) is 2.13. The number of H-pyrrole nitrogens is 1. The molecule has 1 aromatic rings. The molecule has 0 aromatic carbocycles. The summed E-state index contributed by atoms with van der Waals surface area (Å²) in [7, 11) is 0. The summed E-state index contributed by atoms with van der Waals surface area (Å²) in [5.41, 5.74) is 7.56. The van der Waals surface area contributed by atoms with E-state index in [1.54, 1.807) is 6.07 Å². The summed E-state index contributed by atoms with van der Waals surface area (Å²) in [6.45, 7) is 4.05. The minimum absolute atomic E-state index is 0.535. The summed E-state index contributed by atoms with van der Waals surface area (Å²) in [4.78, 5) is 0. The summed E-state index contributed by atoms with van der Waals surface area (Å²) in [6.07, 6.45) is 1.99. The maximum absolute atomic E-state index is 5.38. The van der Waals surface area contributed by atoms with Crippen LogP contribution in [0, 0.1) is 0 Å². The van der Waals surface area contributed by atoms with E-state index < -0.39 is 0 Å². The van der Waals surface area contributed by atoms with Gasteiger partial charge in [-0.3, -0.25) is 5.10 Å². The van der Waals surface area contributed by atoms with Gasteiger partial charge in [0.2, 0.25) is 0 Å². The Labute approximate surface area is 59.9 Å². The van der Waals surface area contributed by atoms with Gasteiger partial charge in [-0.05, 0) is 19.9 Å². The van der Waals surface area contributed by atoms with Crippen LogP contribution in [0.15, 0.2) is 11.6 Å². The van der Waals surface area contributed by atoms with Gasteiger partial charge in [0, 0.05) is 6.07 Å². The Morgan fingerprint density at radius 1 is 1.70 bits per heavy atom. The Morgan fingerprint density at radius 3 is 2.80 bits per heavy atom. The van der Waals surface area contributed by atoms with Crippen molar-refractivity contribution < 1.29 is 0 Å². The summed E-state index contributed by atoms with van der Waals surface area (Å²) in [6, 6.07) is 1.80. The molecule has 3 N–H and O–H groups in total. The molecule has 3 nitrogen and oxygen atoms in total. The van der Waals surface area contributed by atoms with Crippen molar-refractivity contribution in [3.8, 4) is 0 Å². The molecule has 1 aromatic heterocycles. The number of rotatable bonds is 1. The molecule has 10 heavy (non-hydrogen) atoms. The molecule has 0 atom stereocenters. The van der Waals surface area contributed by atoms with Crippen LogP contribution in [-0.4, -0.2) is 10.2 Å². The average molecular weight is 137 g/mol. The number of nitrogens with one attached hydrogen (secondary N) is 1. The van der Waals surface area contributed by atoms with E-state index >= 15 is 0 Å². The van der Waals surface area contributed by atoms with E-state index in [2.05, 4.69) is 10.2 Å². The lowest BCUT2D eigenvalue weighted by Gasteiger charge is -1.84. The van der Waals surface area contributed by atoms with Gasteiger partial charge >= 0.3 is 0 Å². The van der Waals surface area contributed by atoms with Crippen LogP contribution in [0.25, 0.3) is 6.08 Å². The highest BCUT2D eigenvalue weighted by Crippen LogP contribution is 2.04. The first-order chi connectivity index (χ1) is 4.68. The first kappa shape index (κ1) is 6.86. The standard InChI is InChI=1S/C7H11N3/c1-5(2)3-6-4-7(8)10-9-6/h3-4H,1-2H3,(H3,8,9,10). The van der Waals surface area contributed by atoms with Gasteiger partial charge in [0.15, 0.2) is 0 Å². The molecular formula is C7H11N3. The van der Waals surface area contributed by atoms with Crippen molar-refractivity contribution in [3.05, 3.63) is 17.3 Å². The first-order valence-corrected chi connectivity index (χ1v) is 3.14. The molecule has 1 heterocycles. The zero-order valence-corrected chi connectivity index (χ0v) is 6.18. The Morgan fingerprint density at radius 2 is 2.40 bits per heavy atom. The van der Waals surface area contributed by atoms with Crippen molar-refractivity contribution in [2.75, 3.05) is 5.73 Å². The first-order valence-electron chi connectivity index (χ1n) is 3.14. The molecule has 54 valence electrons. The predicted molar refractivity (Wildman–Crippen MR) is 42.3 cm³/mol. The Kier molecular flexibility index (Phi) is 1.76. The second-order valence-electron chi connectivity index (χ2n) is 2.47. The Hall–Kier alpha value is -1.25. The van der Waals surface area contributed by atoms with Crippen LogP contribution >= 0.6 is 0 Å². The van der Waals surface area contributed by atoms with E-state index in [0.717, 1.165) is 5.69 Å². The fraction of sp³-hybridized carbons (Fsp3) is 0.286. The van der Waals surface area contributed by atoms with Gasteiger partial charge in [-0.15, -0.1) is 0 Å². The third kappa shape index (κ3) is 1.62. The molecule has 0 spiro atoms. The number of allylic oxidation sites excluding steroid dienone is 1. The van der Waals surface area contributed by atoms with Gasteiger partial charge in [0.05, 0.1) is 5.69 Å². The van der Waals surface area contributed by atoms with E-state index in [1.165, 1.54) is 5.57 Å². The van der Waals surface area contributed by atoms with Gasteiger partial charge in [-0.2, -0.15) is 5.10 Å². The summed E-state index contributed by atoms with van der Waals surface area (Å²) < 4.78 is 0. The molecular weight excluding hydrogens is 126 g/mol. The molecule has 0 saturated carbocycles. The lowest BCUT2D eigenvalue weighted by Crippen LogP contribution is -1.81. The third-order valence-corrected chi connectivity index (χ3v) is 1.06. The lowest BCUT2D eigenvalue weighted by molar-refractivity contribution is 1.08. The van der Waals surface area contributed by atoms with Crippen molar-refractivity contribution in [2.45, 2.75) is 13.8 Å². The monoisotopic (exact) mass is 137 g/mol. The molecule has 0 saturated heterocycles. The van der Waals surface area contributed by atoms with E-state index in [4.69, 9.17) is 5.73 Å². The number of hydrogen-bond acceptors (Lipinski definition) is 2. The van der Waals surface area contributed by atoms with E-state index in [-0.39, 0.29) is 0 Å². The zero-order chi connectivity index (χ0) is 7.56. The van der Waals surface area contributed by atoms with Crippen LogP contribution in [0.3, 0.4) is 0 Å². The number of hydrogen-bond donors (Lipinski definition) is 2. The lowest BCUT2D eigenvalue weighted by atomic mass is 10.3. The highest BCUT2D eigenvalue weighted by Gasteiger charge is 1.91. The van der Waals surface area contributed by atoms with Crippen LogP contribution in [-0.2, 0) is 0 Å². The molecule has 1 rings (SSSR count). The summed E-state index contributed by atoms with van der Waals surface area (Å²) in [5.74, 6) is 0.535. The molecule has 0 unspecified atom stereocenters. The smallest absolute Gasteiger partial charge is 0.145 e. The minimum atomic E-state index is 0.535. The summed E-state index contributed by atoms with van der Waals surface area (Å²) in [5, 5.41) is 6.56. The number of nitrogen functional groups attached to an aromatic ring is 1. The molecule has 0 radical (unpaired) electrons. The summed E-state index contributed by atoms with van der Waals surface area (Å²) >= 11 is 0. The number of nitrogens with two attached hydrogens (primary N) is 1. The predicted octanol–water partition coefficient (Wildman–Crippen LogP) is 1.42. The van der Waals surface area contributed by atoms with Gasteiger partial charge in [0.1, 0.15) is 5.82 Å². The van der Waals surface area contributed by atoms with Crippen LogP contribution in [0.1, 0.15) is 19.5 Å². The topological polar surface area (TPSA) is 54.7 Å². The molecule has 0 fully saturated rings. The normalized spacial score (nSPS) is 9.40. The number of anilines is 1. The fourth-order valence-electron chi connectivity index (χ4n) is 0.738. The van der Waals surface area contributed by atoms with Crippen LogP contribution in [0.4, 0.5) is 5.82 Å². The number of nitrogens with zero attached hydrogens (tertiary/aromatic N) is 1. The second-order valence-corrected chi connectivity index (χ2v) is 2.47. The van der Waals surface area contributed by atoms with Crippen molar-refractivity contribution in [3.63, 3.8) is 0 Å². The minimum Gasteiger partial charge on any atom is -0.382 e. The molecule has 0 aliphatic heterocycles. The van der Waals surface area contributed by atoms with Crippen molar-refractivity contribution in [1.82, 2.24) is 10.2 Å². The molecule has 0 amide bonds. The largest absolute Gasteiger partial charge is 0.382 e. The van der Waals surface area contributed by atoms with Gasteiger partial charge in [-0.25, -0.2) is 0 Å². The maximum Gasteiger partial charge on any atom is 0.145 e. The van der Waals surface area contributed by atoms with Gasteiger partial charge < -0.3 is 5.73 Å². The SMILES string of the molecule is CC(C)=Cc1cc(N)n[nH]1. The van der Waals surface area contributed by atoms with Crippen LogP contribution in [0.5, 0.6) is 0 Å². The quantitative estimate of drug-likeness (QED) is 0.615. The van der Waals surface area contributed by atoms with E-state index in [1.807, 2.05) is 19.9 Å². The van der Waals surface area contributed by atoms with Crippen molar-refractivity contribution in [1.29, 1.82) is 0 Å². The molecule has 0 aliphatic carbocycles. The number of aromatic amines is 1. The molecule has 0 bridgehead atoms. The van der Waals surface area contributed by atoms with Crippen molar-refractivity contribution >= 4 is 11.9 Å². The van der Waals surface area contributed by atoms with Gasteiger partial charge in [-0.1, -0.05) is 5.57 Å². The highest BCUT2D eigenvalue weighted by atomic mass is 15.1. The Bertz CT molecular complexity index is 243. The zero-order valence-electron chi connectivity index (χ0n) is 6.18. The second kappa shape index (κ2) is 2.56. The van der Waals surface area contributed by atoms with Crippen LogP contribution < -0.4 is 5.73 Å². The van der Waals surface area contributed by atoms with Crippen molar-refractivity contribution in [2.24, 2.45) is 0 Å². The van der Waals surface area contributed by atoms with Gasteiger partial charge in [0.25, 0.3) is 0 Å². The Balaban J connectivity index is 2.86. The van der Waals surface area contributed by atoms with Crippen LogP contribution in [0.2, 0.25) is 0 Å². The fourth-order valence-corrected chi connectivity index (χ4v) is 0.738. The maximum atomic E-state index is 5.38. The van der Waals surface area contributed by atoms with E-state index in [9.17, 15) is 0 Å².